The number of para-hydroxylation sites is 1. The fourth-order valence-electron chi connectivity index (χ4n) is 1.82. The van der Waals surface area contributed by atoms with Crippen molar-refractivity contribution in [3.8, 4) is 0 Å². The Morgan fingerprint density at radius 1 is 0.909 bits per heavy atom. The van der Waals surface area contributed by atoms with Crippen LogP contribution in [0, 0.1) is 0 Å². The van der Waals surface area contributed by atoms with Crippen LogP contribution < -0.4 is 10.6 Å². The summed E-state index contributed by atoms with van der Waals surface area (Å²) in [6.45, 7) is 1.34. The van der Waals surface area contributed by atoms with Gasteiger partial charge < -0.3 is 10.6 Å². The van der Waals surface area contributed by atoms with Crippen LogP contribution in [-0.4, -0.2) is 17.6 Å². The van der Waals surface area contributed by atoms with Crippen LogP contribution in [0.3, 0.4) is 0 Å². The molecule has 0 heterocycles. The molecule has 0 unspecified atom stereocenters. The highest BCUT2D eigenvalue weighted by molar-refractivity contribution is 9.10. The van der Waals surface area contributed by atoms with Gasteiger partial charge in [0.1, 0.15) is 0 Å². The van der Waals surface area contributed by atoms with Crippen molar-refractivity contribution in [1.82, 2.24) is 0 Å². The second-order valence-corrected chi connectivity index (χ2v) is 5.43. The molecule has 5 nitrogen and oxygen atoms in total. The van der Waals surface area contributed by atoms with Gasteiger partial charge >= 0.3 is 0 Å². The van der Waals surface area contributed by atoms with E-state index in [0.29, 0.717) is 11.4 Å². The van der Waals surface area contributed by atoms with Crippen LogP contribution >= 0.6 is 15.9 Å². The van der Waals surface area contributed by atoms with Crippen molar-refractivity contribution in [2.75, 3.05) is 10.6 Å². The van der Waals surface area contributed by atoms with Crippen molar-refractivity contribution in [2.24, 2.45) is 0 Å². The van der Waals surface area contributed by atoms with Gasteiger partial charge in [-0.25, -0.2) is 0 Å². The fourth-order valence-corrected chi connectivity index (χ4v) is 2.09. The second-order valence-electron chi connectivity index (χ2n) is 4.52. The summed E-state index contributed by atoms with van der Waals surface area (Å²) in [4.78, 5) is 35.4. The molecule has 0 aliphatic carbocycles. The zero-order chi connectivity index (χ0) is 16.1. The Hall–Kier alpha value is -2.47. The molecule has 0 aliphatic rings. The number of halogens is 1. The number of hydrogen-bond donors (Lipinski definition) is 2. The van der Waals surface area contributed by atoms with E-state index in [1.54, 1.807) is 42.5 Å². The molecule has 0 aliphatic heterocycles. The van der Waals surface area contributed by atoms with Gasteiger partial charge in [0.25, 0.3) is 11.7 Å². The molecule has 0 fully saturated rings. The number of Topliss-reactive ketones (excluding diaryl/α,β-unsaturated/α-hetero) is 1. The lowest BCUT2D eigenvalue weighted by molar-refractivity contribution is -0.114. The Morgan fingerprint density at radius 3 is 2.18 bits per heavy atom. The first-order valence-electron chi connectivity index (χ1n) is 6.45. The minimum atomic E-state index is -0.764. The average molecular weight is 361 g/mol. The molecule has 112 valence electrons. The topological polar surface area (TPSA) is 75.3 Å². The van der Waals surface area contributed by atoms with Gasteiger partial charge in [-0.15, -0.1) is 0 Å². The summed E-state index contributed by atoms with van der Waals surface area (Å²) in [5.41, 5.74) is 0.969. The van der Waals surface area contributed by atoms with Gasteiger partial charge in [-0.05, 0) is 36.4 Å². The van der Waals surface area contributed by atoms with E-state index in [9.17, 15) is 14.4 Å². The minimum absolute atomic E-state index is 0.146. The summed E-state index contributed by atoms with van der Waals surface area (Å²) < 4.78 is 0.868. The van der Waals surface area contributed by atoms with Gasteiger partial charge in [0.15, 0.2) is 0 Å². The summed E-state index contributed by atoms with van der Waals surface area (Å²) in [7, 11) is 0. The van der Waals surface area contributed by atoms with Crippen molar-refractivity contribution in [3.05, 3.63) is 58.6 Å². The molecule has 22 heavy (non-hydrogen) atoms. The molecule has 0 radical (unpaired) electrons. The fraction of sp³-hybridized carbons (Fsp3) is 0.0625. The summed E-state index contributed by atoms with van der Waals surface area (Å²) in [6, 6.07) is 13.2. The van der Waals surface area contributed by atoms with Gasteiger partial charge in [0.05, 0.1) is 11.3 Å². The molecule has 2 N–H and O–H groups in total. The van der Waals surface area contributed by atoms with Crippen molar-refractivity contribution < 1.29 is 14.4 Å². The number of anilines is 2. The predicted octanol–water partition coefficient (Wildman–Crippen LogP) is 3.23. The van der Waals surface area contributed by atoms with E-state index in [4.69, 9.17) is 0 Å². The third-order valence-electron chi connectivity index (χ3n) is 2.79. The first kappa shape index (κ1) is 15.9. The van der Waals surface area contributed by atoms with E-state index in [2.05, 4.69) is 26.6 Å². The van der Waals surface area contributed by atoms with Crippen LogP contribution in [-0.2, 0) is 9.59 Å². The summed E-state index contributed by atoms with van der Waals surface area (Å²) in [5.74, 6) is -1.79. The van der Waals surface area contributed by atoms with E-state index in [1.165, 1.54) is 13.0 Å². The minimum Gasteiger partial charge on any atom is -0.326 e. The van der Waals surface area contributed by atoms with Gasteiger partial charge in [-0.2, -0.15) is 0 Å². The molecule has 0 atom stereocenters. The Labute approximate surface area is 135 Å². The van der Waals surface area contributed by atoms with Crippen LogP contribution in [0.2, 0.25) is 0 Å². The number of hydrogen-bond acceptors (Lipinski definition) is 3. The van der Waals surface area contributed by atoms with Crippen molar-refractivity contribution in [2.45, 2.75) is 6.92 Å². The zero-order valence-electron chi connectivity index (χ0n) is 11.7. The van der Waals surface area contributed by atoms with Gasteiger partial charge in [0, 0.05) is 17.1 Å². The molecular weight excluding hydrogens is 348 g/mol. The molecule has 0 spiro atoms. The maximum Gasteiger partial charge on any atom is 0.296 e. The average Bonchev–Trinajstić information content (AvgIpc) is 2.49. The van der Waals surface area contributed by atoms with Gasteiger partial charge in [-0.3, -0.25) is 14.4 Å². The monoisotopic (exact) mass is 360 g/mol. The highest BCUT2D eigenvalue weighted by Gasteiger charge is 2.19. The number of benzene rings is 2. The van der Waals surface area contributed by atoms with E-state index in [-0.39, 0.29) is 11.5 Å². The first-order chi connectivity index (χ1) is 10.5. The van der Waals surface area contributed by atoms with E-state index in [1.807, 2.05) is 0 Å². The first-order valence-corrected chi connectivity index (χ1v) is 7.24. The molecule has 0 saturated carbocycles. The highest BCUT2D eigenvalue weighted by Crippen LogP contribution is 2.18. The summed E-state index contributed by atoms with van der Waals surface area (Å²) >= 11 is 3.29. The number of carbonyl (C=O) groups is 3. The van der Waals surface area contributed by atoms with Gasteiger partial charge in [0.2, 0.25) is 5.91 Å². The molecule has 2 aromatic carbocycles. The molecule has 6 heteroatoms. The molecular formula is C16H13BrN2O3. The van der Waals surface area contributed by atoms with Crippen molar-refractivity contribution in [1.29, 1.82) is 0 Å². The zero-order valence-corrected chi connectivity index (χ0v) is 13.3. The number of carbonyl (C=O) groups excluding carboxylic acids is 3. The lowest BCUT2D eigenvalue weighted by Gasteiger charge is -2.09. The Balaban J connectivity index is 2.18. The molecule has 0 bridgehead atoms. The van der Waals surface area contributed by atoms with Crippen LogP contribution in [0.15, 0.2) is 53.0 Å². The van der Waals surface area contributed by atoms with Crippen LogP contribution in [0.4, 0.5) is 11.4 Å². The summed E-state index contributed by atoms with van der Waals surface area (Å²) in [5, 5.41) is 5.06. The standard InChI is InChI=1S/C16H13BrN2O3/c1-10(20)18-14-5-3-2-4-13(14)15(21)16(22)19-12-8-6-11(17)7-9-12/h2-9H,1H3,(H,18,20)(H,19,22). The van der Waals surface area contributed by atoms with E-state index < -0.39 is 11.7 Å². The molecule has 0 aromatic heterocycles. The van der Waals surface area contributed by atoms with E-state index >= 15 is 0 Å². The number of rotatable bonds is 4. The molecule has 0 saturated heterocycles. The summed E-state index contributed by atoms with van der Waals surface area (Å²) in [6.07, 6.45) is 0. The second kappa shape index (κ2) is 7.00. The number of ketones is 1. The normalized spacial score (nSPS) is 9.91. The predicted molar refractivity (Wildman–Crippen MR) is 87.8 cm³/mol. The molecule has 2 amide bonds. The third-order valence-corrected chi connectivity index (χ3v) is 3.32. The third kappa shape index (κ3) is 4.02. The number of nitrogens with one attached hydrogen (secondary N) is 2. The smallest absolute Gasteiger partial charge is 0.296 e. The van der Waals surface area contributed by atoms with Crippen molar-refractivity contribution in [3.63, 3.8) is 0 Å². The lowest BCUT2D eigenvalue weighted by Crippen LogP contribution is -2.24. The van der Waals surface area contributed by atoms with Gasteiger partial charge in [-0.1, -0.05) is 28.1 Å². The molecule has 2 rings (SSSR count). The highest BCUT2D eigenvalue weighted by atomic mass is 79.9. The molecule has 2 aromatic rings. The Bertz CT molecular complexity index is 726. The quantitative estimate of drug-likeness (QED) is 0.649. The maximum absolute atomic E-state index is 12.2. The van der Waals surface area contributed by atoms with Crippen LogP contribution in [0.1, 0.15) is 17.3 Å². The maximum atomic E-state index is 12.2. The van der Waals surface area contributed by atoms with Crippen LogP contribution in [0.25, 0.3) is 0 Å². The Morgan fingerprint density at radius 2 is 1.55 bits per heavy atom. The Kier molecular flexibility index (Phi) is 5.06. The lowest BCUT2D eigenvalue weighted by atomic mass is 10.1. The largest absolute Gasteiger partial charge is 0.326 e. The van der Waals surface area contributed by atoms with E-state index in [0.717, 1.165) is 4.47 Å². The number of amides is 2. The SMILES string of the molecule is CC(=O)Nc1ccccc1C(=O)C(=O)Nc1ccc(Br)cc1. The van der Waals surface area contributed by atoms with Crippen molar-refractivity contribution >= 4 is 44.9 Å². The van der Waals surface area contributed by atoms with Crippen LogP contribution in [0.5, 0.6) is 0 Å².